The Morgan fingerprint density at radius 3 is 2.60 bits per heavy atom. The van der Waals surface area contributed by atoms with Crippen LogP contribution in [0.3, 0.4) is 0 Å². The van der Waals surface area contributed by atoms with Gasteiger partial charge >= 0.3 is 12.1 Å². The highest BCUT2D eigenvalue weighted by Crippen LogP contribution is 2.30. The number of carbonyl (C=O) groups is 1. The smallest absolute Gasteiger partial charge is 0.384 e. The van der Waals surface area contributed by atoms with Crippen LogP contribution in [-0.4, -0.2) is 29.6 Å². The Morgan fingerprint density at radius 1 is 1.36 bits per heavy atom. The van der Waals surface area contributed by atoms with Gasteiger partial charge in [0.15, 0.2) is 5.78 Å². The fraction of sp³-hybridized carbons (Fsp3) is 0.438. The van der Waals surface area contributed by atoms with E-state index in [1.165, 1.54) is 19.2 Å². The van der Waals surface area contributed by atoms with Gasteiger partial charge in [-0.3, -0.25) is 4.79 Å². The molecule has 0 aliphatic heterocycles. The van der Waals surface area contributed by atoms with Crippen LogP contribution in [0.2, 0.25) is 0 Å². The minimum absolute atomic E-state index is 0.0165. The number of Topliss-reactive ketones (excluding diaryl/α,β-unsaturated/α-hetero) is 1. The number of hydrogen-bond acceptors (Lipinski definition) is 5. The Bertz CT molecular complexity index is 743. The van der Waals surface area contributed by atoms with Gasteiger partial charge < -0.3 is 9.26 Å². The van der Waals surface area contributed by atoms with Gasteiger partial charge in [-0.2, -0.15) is 18.2 Å². The van der Waals surface area contributed by atoms with Crippen molar-refractivity contribution in [2.75, 3.05) is 13.7 Å². The summed E-state index contributed by atoms with van der Waals surface area (Å²) in [6.07, 6.45) is -3.97. The maximum Gasteiger partial charge on any atom is 0.471 e. The van der Waals surface area contributed by atoms with Crippen molar-refractivity contribution in [3.63, 3.8) is 0 Å². The molecule has 0 amide bonds. The molecule has 2 rings (SSSR count). The minimum Gasteiger partial charge on any atom is -0.384 e. The van der Waals surface area contributed by atoms with Crippen LogP contribution >= 0.6 is 0 Å². The number of ether oxygens (including phenoxy) is 1. The van der Waals surface area contributed by atoms with Crippen molar-refractivity contribution in [2.45, 2.75) is 25.9 Å². The monoisotopic (exact) mass is 360 g/mol. The maximum atomic E-state index is 14.2. The molecule has 1 aromatic heterocycles. The first-order valence-electron chi connectivity index (χ1n) is 7.49. The zero-order chi connectivity index (χ0) is 18.6. The largest absolute Gasteiger partial charge is 0.471 e. The fourth-order valence-electron chi connectivity index (χ4n) is 2.27. The first kappa shape index (κ1) is 19.0. The van der Waals surface area contributed by atoms with Gasteiger partial charge in [-0.1, -0.05) is 24.6 Å². The van der Waals surface area contributed by atoms with Gasteiger partial charge in [0, 0.05) is 25.7 Å². The van der Waals surface area contributed by atoms with Crippen LogP contribution in [0.5, 0.6) is 0 Å². The van der Waals surface area contributed by atoms with E-state index >= 15 is 0 Å². The van der Waals surface area contributed by atoms with Crippen molar-refractivity contribution in [3.8, 4) is 11.4 Å². The lowest BCUT2D eigenvalue weighted by Gasteiger charge is -2.13. The molecule has 25 heavy (non-hydrogen) atoms. The third-order valence-corrected chi connectivity index (χ3v) is 3.65. The molecule has 1 heterocycles. The van der Waals surface area contributed by atoms with Crippen molar-refractivity contribution < 1.29 is 31.6 Å². The highest BCUT2D eigenvalue weighted by Gasteiger charge is 2.38. The van der Waals surface area contributed by atoms with Crippen molar-refractivity contribution in [3.05, 3.63) is 35.5 Å². The summed E-state index contributed by atoms with van der Waals surface area (Å²) in [5.74, 6) is -3.22. The van der Waals surface area contributed by atoms with E-state index in [1.54, 1.807) is 0 Å². The van der Waals surface area contributed by atoms with Crippen LogP contribution in [0, 0.1) is 11.7 Å². The number of aromatic nitrogens is 2. The Balaban J connectivity index is 2.20. The number of methoxy groups -OCH3 is 1. The van der Waals surface area contributed by atoms with E-state index in [-0.39, 0.29) is 23.5 Å². The van der Waals surface area contributed by atoms with E-state index in [2.05, 4.69) is 14.7 Å². The van der Waals surface area contributed by atoms with E-state index in [1.807, 2.05) is 6.92 Å². The number of carbonyl (C=O) groups excluding carboxylic acids is 1. The molecule has 0 radical (unpaired) electrons. The summed E-state index contributed by atoms with van der Waals surface area (Å²) in [4.78, 5) is 15.4. The number of rotatable bonds is 7. The standard InChI is InChI=1S/C16H16F4N2O3/c1-3-9(8-24-2)6-13(23)11-5-4-10(7-12(11)17)14-21-15(25-22-14)16(18,19)20/h4-5,7,9H,3,6,8H2,1-2H3. The fourth-order valence-corrected chi connectivity index (χ4v) is 2.27. The molecule has 0 fully saturated rings. The molecule has 1 atom stereocenters. The average molecular weight is 360 g/mol. The van der Waals surface area contributed by atoms with Gasteiger partial charge in [0.1, 0.15) is 5.82 Å². The summed E-state index contributed by atoms with van der Waals surface area (Å²) in [5.41, 5.74) is -0.157. The van der Waals surface area contributed by atoms with Crippen LogP contribution in [0.1, 0.15) is 36.0 Å². The Kier molecular flexibility index (Phi) is 5.89. The molecule has 9 heteroatoms. The minimum atomic E-state index is -4.78. The second-order valence-corrected chi connectivity index (χ2v) is 5.47. The zero-order valence-electron chi connectivity index (χ0n) is 13.6. The summed E-state index contributed by atoms with van der Waals surface area (Å²) in [5, 5.41) is 3.18. The second kappa shape index (κ2) is 7.73. The van der Waals surface area contributed by atoms with E-state index in [4.69, 9.17) is 4.74 Å². The van der Waals surface area contributed by atoms with Gasteiger partial charge in [-0.05, 0) is 18.1 Å². The number of halogens is 4. The Labute approximate surface area is 141 Å². The number of nitrogens with zero attached hydrogens (tertiary/aromatic N) is 2. The summed E-state index contributed by atoms with van der Waals surface area (Å²) in [7, 11) is 1.52. The third kappa shape index (κ3) is 4.62. The summed E-state index contributed by atoms with van der Waals surface area (Å²) < 4.78 is 60.7. The molecule has 0 saturated carbocycles. The van der Waals surface area contributed by atoms with Gasteiger partial charge in [0.2, 0.25) is 5.82 Å². The second-order valence-electron chi connectivity index (χ2n) is 5.47. The number of hydrogen-bond donors (Lipinski definition) is 0. The van der Waals surface area contributed by atoms with Crippen molar-refractivity contribution >= 4 is 5.78 Å². The summed E-state index contributed by atoms with van der Waals surface area (Å²) in [6.45, 7) is 2.27. The average Bonchev–Trinajstić information content (AvgIpc) is 3.04. The summed E-state index contributed by atoms with van der Waals surface area (Å²) >= 11 is 0. The van der Waals surface area contributed by atoms with E-state index < -0.39 is 29.5 Å². The van der Waals surface area contributed by atoms with Crippen LogP contribution in [-0.2, 0) is 10.9 Å². The molecule has 1 unspecified atom stereocenters. The predicted molar refractivity (Wildman–Crippen MR) is 79.3 cm³/mol. The van der Waals surface area contributed by atoms with Gasteiger partial charge in [0.25, 0.3) is 0 Å². The lowest BCUT2D eigenvalue weighted by Crippen LogP contribution is -2.14. The topological polar surface area (TPSA) is 65.2 Å². The third-order valence-electron chi connectivity index (χ3n) is 3.65. The van der Waals surface area contributed by atoms with Crippen LogP contribution in [0.15, 0.2) is 22.7 Å². The molecule has 0 saturated heterocycles. The SMILES string of the molecule is CCC(COC)CC(=O)c1ccc(-c2noc(C(F)(F)F)n2)cc1F. The predicted octanol–water partition coefficient (Wildman–Crippen LogP) is 4.14. The molecule has 0 bridgehead atoms. The van der Waals surface area contributed by atoms with Gasteiger partial charge in [0.05, 0.1) is 5.56 Å². The van der Waals surface area contributed by atoms with Crippen LogP contribution in [0.4, 0.5) is 17.6 Å². The zero-order valence-corrected chi connectivity index (χ0v) is 13.6. The first-order chi connectivity index (χ1) is 11.8. The lowest BCUT2D eigenvalue weighted by atomic mass is 9.96. The van der Waals surface area contributed by atoms with Crippen molar-refractivity contribution in [1.29, 1.82) is 0 Å². The molecular weight excluding hydrogens is 344 g/mol. The molecule has 136 valence electrons. The normalized spacial score (nSPS) is 13.0. The highest BCUT2D eigenvalue weighted by atomic mass is 19.4. The van der Waals surface area contributed by atoms with Crippen molar-refractivity contribution in [1.82, 2.24) is 10.1 Å². The Hall–Kier alpha value is -2.29. The molecule has 0 spiro atoms. The number of alkyl halides is 3. The van der Waals surface area contributed by atoms with E-state index in [0.29, 0.717) is 13.0 Å². The molecule has 1 aromatic carbocycles. The highest BCUT2D eigenvalue weighted by molar-refractivity contribution is 5.96. The van der Waals surface area contributed by atoms with E-state index in [9.17, 15) is 22.4 Å². The molecule has 0 N–H and O–H groups in total. The summed E-state index contributed by atoms with van der Waals surface area (Å²) in [6, 6.07) is 3.39. The number of ketones is 1. The maximum absolute atomic E-state index is 14.2. The molecule has 2 aromatic rings. The van der Waals surface area contributed by atoms with E-state index in [0.717, 1.165) is 6.07 Å². The quantitative estimate of drug-likeness (QED) is 0.548. The number of benzene rings is 1. The lowest BCUT2D eigenvalue weighted by molar-refractivity contribution is -0.159. The van der Waals surface area contributed by atoms with Crippen LogP contribution in [0.25, 0.3) is 11.4 Å². The van der Waals surface area contributed by atoms with Crippen LogP contribution < -0.4 is 0 Å². The van der Waals surface area contributed by atoms with Gasteiger partial charge in [-0.25, -0.2) is 4.39 Å². The first-order valence-corrected chi connectivity index (χ1v) is 7.49. The van der Waals surface area contributed by atoms with Crippen molar-refractivity contribution in [2.24, 2.45) is 5.92 Å². The Morgan fingerprint density at radius 2 is 2.08 bits per heavy atom. The molecular formula is C16H16F4N2O3. The van der Waals surface area contributed by atoms with Gasteiger partial charge in [-0.15, -0.1) is 0 Å². The molecule has 0 aliphatic carbocycles. The molecule has 5 nitrogen and oxygen atoms in total. The molecule has 0 aliphatic rings.